The van der Waals surface area contributed by atoms with Crippen LogP contribution >= 0.6 is 0 Å². The van der Waals surface area contributed by atoms with Crippen molar-refractivity contribution in [2.45, 2.75) is 33.7 Å². The second kappa shape index (κ2) is 5.45. The molecule has 19 heavy (non-hydrogen) atoms. The first-order valence-electron chi connectivity index (χ1n) is 6.59. The first kappa shape index (κ1) is 13.6. The average molecular weight is 255 g/mol. The zero-order chi connectivity index (χ0) is 14.0. The predicted molar refractivity (Wildman–Crippen MR) is 79.8 cm³/mol. The van der Waals surface area contributed by atoms with E-state index in [9.17, 15) is 0 Å². The van der Waals surface area contributed by atoms with Crippen molar-refractivity contribution in [3.8, 4) is 11.5 Å². The number of aryl methyl sites for hydroxylation is 3. The van der Waals surface area contributed by atoms with E-state index in [1.807, 2.05) is 26.0 Å². The Bertz CT molecular complexity index is 568. The maximum Gasteiger partial charge on any atom is 0.133 e. The van der Waals surface area contributed by atoms with Gasteiger partial charge >= 0.3 is 0 Å². The van der Waals surface area contributed by atoms with Crippen LogP contribution in [0.4, 0.5) is 0 Å². The fourth-order valence-electron chi connectivity index (χ4n) is 2.08. The maximum absolute atomic E-state index is 6.11. The molecule has 100 valence electrons. The summed E-state index contributed by atoms with van der Waals surface area (Å²) in [5.41, 5.74) is 10.4. The van der Waals surface area contributed by atoms with E-state index in [0.29, 0.717) is 0 Å². The monoisotopic (exact) mass is 255 g/mol. The highest BCUT2D eigenvalue weighted by molar-refractivity contribution is 5.46. The molecule has 2 aromatic carbocycles. The minimum atomic E-state index is 0.0147. The molecule has 2 heteroatoms. The number of hydrogen-bond acceptors (Lipinski definition) is 2. The van der Waals surface area contributed by atoms with Gasteiger partial charge in [-0.15, -0.1) is 0 Å². The number of hydrogen-bond donors (Lipinski definition) is 1. The van der Waals surface area contributed by atoms with Crippen LogP contribution in [0, 0.1) is 20.8 Å². The third-order valence-electron chi connectivity index (χ3n) is 3.36. The normalized spacial score (nSPS) is 12.3. The van der Waals surface area contributed by atoms with Gasteiger partial charge in [-0.3, -0.25) is 0 Å². The predicted octanol–water partition coefficient (Wildman–Crippen LogP) is 4.42. The van der Waals surface area contributed by atoms with Crippen LogP contribution in [-0.2, 0) is 0 Å². The summed E-state index contributed by atoms with van der Waals surface area (Å²) >= 11 is 0. The molecule has 0 aliphatic carbocycles. The molecule has 2 nitrogen and oxygen atoms in total. The van der Waals surface area contributed by atoms with Crippen molar-refractivity contribution in [3.63, 3.8) is 0 Å². The lowest BCUT2D eigenvalue weighted by molar-refractivity contribution is 0.470. The Balaban J connectivity index is 2.40. The van der Waals surface area contributed by atoms with Crippen LogP contribution in [0.15, 0.2) is 36.4 Å². The van der Waals surface area contributed by atoms with Gasteiger partial charge in [0.2, 0.25) is 0 Å². The summed E-state index contributed by atoms with van der Waals surface area (Å²) < 4.78 is 6.11. The minimum absolute atomic E-state index is 0.0147. The molecule has 0 amide bonds. The summed E-state index contributed by atoms with van der Waals surface area (Å²) in [5, 5.41) is 0. The second-order valence-corrected chi connectivity index (χ2v) is 5.14. The van der Waals surface area contributed by atoms with Crippen molar-refractivity contribution < 1.29 is 4.74 Å². The Morgan fingerprint density at radius 3 is 2.16 bits per heavy atom. The second-order valence-electron chi connectivity index (χ2n) is 5.14. The molecule has 0 spiro atoms. The molecule has 0 fully saturated rings. The standard InChI is InChI=1S/C17H21NO/c1-11-8-9-15(14(4)18)10-16(11)19-17-12(2)6-5-7-13(17)3/h5-10,14H,18H2,1-4H3. The molecule has 0 aromatic heterocycles. The van der Waals surface area contributed by atoms with Crippen LogP contribution < -0.4 is 10.5 Å². The number of benzene rings is 2. The van der Waals surface area contributed by atoms with Crippen LogP contribution in [0.1, 0.15) is 35.2 Å². The van der Waals surface area contributed by atoms with E-state index in [1.165, 1.54) is 0 Å². The summed E-state index contributed by atoms with van der Waals surface area (Å²) in [6.45, 7) is 8.15. The highest BCUT2D eigenvalue weighted by Gasteiger charge is 2.09. The Kier molecular flexibility index (Phi) is 3.91. The topological polar surface area (TPSA) is 35.2 Å². The van der Waals surface area contributed by atoms with E-state index in [4.69, 9.17) is 10.5 Å². The molecule has 2 N–H and O–H groups in total. The lowest BCUT2D eigenvalue weighted by Crippen LogP contribution is -2.05. The summed E-state index contributed by atoms with van der Waals surface area (Å²) in [7, 11) is 0. The highest BCUT2D eigenvalue weighted by atomic mass is 16.5. The van der Waals surface area contributed by atoms with Crippen LogP contribution in [0.25, 0.3) is 0 Å². The molecule has 0 aliphatic rings. The SMILES string of the molecule is Cc1ccc(C(C)N)cc1Oc1c(C)cccc1C. The van der Waals surface area contributed by atoms with Gasteiger partial charge in [-0.05, 0) is 56.0 Å². The smallest absolute Gasteiger partial charge is 0.133 e. The van der Waals surface area contributed by atoms with Gasteiger partial charge < -0.3 is 10.5 Å². The van der Waals surface area contributed by atoms with Gasteiger partial charge in [0.15, 0.2) is 0 Å². The summed E-state index contributed by atoms with van der Waals surface area (Å²) in [6, 6.07) is 12.3. The Hall–Kier alpha value is -1.80. The van der Waals surface area contributed by atoms with Crippen LogP contribution in [0.3, 0.4) is 0 Å². The van der Waals surface area contributed by atoms with E-state index in [1.54, 1.807) is 0 Å². The van der Waals surface area contributed by atoms with E-state index in [2.05, 4.69) is 38.1 Å². The summed E-state index contributed by atoms with van der Waals surface area (Å²) in [5.74, 6) is 1.82. The fraction of sp³-hybridized carbons (Fsp3) is 0.294. The molecule has 2 rings (SSSR count). The Labute approximate surface area is 115 Å². The van der Waals surface area contributed by atoms with Crippen molar-refractivity contribution >= 4 is 0 Å². The molecule has 0 saturated heterocycles. The molecular weight excluding hydrogens is 234 g/mol. The van der Waals surface area contributed by atoms with Crippen LogP contribution in [0.5, 0.6) is 11.5 Å². The van der Waals surface area contributed by atoms with Crippen LogP contribution in [0.2, 0.25) is 0 Å². The third-order valence-corrected chi connectivity index (χ3v) is 3.36. The molecule has 0 heterocycles. The zero-order valence-corrected chi connectivity index (χ0v) is 12.0. The van der Waals surface area contributed by atoms with Crippen LogP contribution in [-0.4, -0.2) is 0 Å². The van der Waals surface area contributed by atoms with Crippen molar-refractivity contribution in [1.29, 1.82) is 0 Å². The third kappa shape index (κ3) is 2.96. The maximum atomic E-state index is 6.11. The van der Waals surface area contributed by atoms with Crippen molar-refractivity contribution in [2.75, 3.05) is 0 Å². The first-order valence-corrected chi connectivity index (χ1v) is 6.59. The number of para-hydroxylation sites is 1. The number of ether oxygens (including phenoxy) is 1. The summed E-state index contributed by atoms with van der Waals surface area (Å²) in [4.78, 5) is 0. The molecule has 0 bridgehead atoms. The quantitative estimate of drug-likeness (QED) is 0.881. The molecule has 0 saturated carbocycles. The van der Waals surface area contributed by atoms with Gasteiger partial charge in [0.25, 0.3) is 0 Å². The Morgan fingerprint density at radius 1 is 0.947 bits per heavy atom. The largest absolute Gasteiger partial charge is 0.457 e. The first-order chi connectivity index (χ1) is 8.99. The van der Waals surface area contributed by atoms with Gasteiger partial charge in [-0.25, -0.2) is 0 Å². The minimum Gasteiger partial charge on any atom is -0.457 e. The van der Waals surface area contributed by atoms with E-state index in [0.717, 1.165) is 33.8 Å². The van der Waals surface area contributed by atoms with Gasteiger partial charge in [-0.2, -0.15) is 0 Å². The van der Waals surface area contributed by atoms with Gasteiger partial charge in [0.05, 0.1) is 0 Å². The fourth-order valence-corrected chi connectivity index (χ4v) is 2.08. The number of nitrogens with two attached hydrogens (primary N) is 1. The van der Waals surface area contributed by atoms with Crippen molar-refractivity contribution in [3.05, 3.63) is 58.7 Å². The highest BCUT2D eigenvalue weighted by Crippen LogP contribution is 2.31. The van der Waals surface area contributed by atoms with Gasteiger partial charge in [0, 0.05) is 6.04 Å². The van der Waals surface area contributed by atoms with Crippen molar-refractivity contribution in [1.82, 2.24) is 0 Å². The number of rotatable bonds is 3. The van der Waals surface area contributed by atoms with Gasteiger partial charge in [0.1, 0.15) is 11.5 Å². The lowest BCUT2D eigenvalue weighted by atomic mass is 10.1. The lowest BCUT2D eigenvalue weighted by Gasteiger charge is -2.15. The molecular formula is C17H21NO. The molecule has 1 unspecified atom stereocenters. The Morgan fingerprint density at radius 2 is 1.58 bits per heavy atom. The van der Waals surface area contributed by atoms with Gasteiger partial charge in [-0.1, -0.05) is 30.3 Å². The molecule has 2 aromatic rings. The van der Waals surface area contributed by atoms with E-state index in [-0.39, 0.29) is 6.04 Å². The molecule has 0 radical (unpaired) electrons. The average Bonchev–Trinajstić information content (AvgIpc) is 2.35. The summed E-state index contributed by atoms with van der Waals surface area (Å²) in [6.07, 6.45) is 0. The zero-order valence-electron chi connectivity index (χ0n) is 12.0. The van der Waals surface area contributed by atoms with E-state index >= 15 is 0 Å². The molecule has 1 atom stereocenters. The molecule has 0 aliphatic heterocycles. The van der Waals surface area contributed by atoms with E-state index < -0.39 is 0 Å². The van der Waals surface area contributed by atoms with Crippen molar-refractivity contribution in [2.24, 2.45) is 5.73 Å².